The SMILES string of the molecule is COc1ccc(C(=O)Nc2ccc3c(c2)nc(CN2CCN(C)CC2)n3C)cc1. The van der Waals surface area contributed by atoms with Gasteiger partial charge in [0, 0.05) is 44.5 Å². The molecule has 1 fully saturated rings. The molecule has 0 saturated carbocycles. The van der Waals surface area contributed by atoms with Gasteiger partial charge >= 0.3 is 0 Å². The number of nitrogens with one attached hydrogen (secondary N) is 1. The summed E-state index contributed by atoms with van der Waals surface area (Å²) in [5.74, 6) is 1.62. The van der Waals surface area contributed by atoms with Gasteiger partial charge in [0.25, 0.3) is 5.91 Å². The molecule has 0 unspecified atom stereocenters. The molecule has 2 aromatic carbocycles. The molecule has 7 heteroatoms. The van der Waals surface area contributed by atoms with Crippen LogP contribution in [0.4, 0.5) is 5.69 Å². The number of amides is 1. The van der Waals surface area contributed by atoms with Crippen LogP contribution in [0.3, 0.4) is 0 Å². The van der Waals surface area contributed by atoms with E-state index in [2.05, 4.69) is 33.8 Å². The fourth-order valence-electron chi connectivity index (χ4n) is 3.62. The van der Waals surface area contributed by atoms with Gasteiger partial charge in [0.15, 0.2) is 0 Å². The van der Waals surface area contributed by atoms with Crippen molar-refractivity contribution in [2.24, 2.45) is 7.05 Å². The number of hydrogen-bond donors (Lipinski definition) is 1. The predicted octanol–water partition coefficient (Wildman–Crippen LogP) is 2.58. The lowest BCUT2D eigenvalue weighted by atomic mass is 10.2. The van der Waals surface area contributed by atoms with Gasteiger partial charge in [-0.1, -0.05) is 0 Å². The number of methoxy groups -OCH3 is 1. The summed E-state index contributed by atoms with van der Waals surface area (Å²) in [5, 5.41) is 2.96. The quantitative estimate of drug-likeness (QED) is 0.722. The Bertz CT molecular complexity index is 1000. The average Bonchev–Trinajstić information content (AvgIpc) is 3.04. The number of nitrogens with zero attached hydrogens (tertiary/aromatic N) is 4. The molecule has 4 rings (SSSR count). The highest BCUT2D eigenvalue weighted by atomic mass is 16.5. The van der Waals surface area contributed by atoms with Crippen LogP contribution >= 0.6 is 0 Å². The van der Waals surface area contributed by atoms with E-state index in [-0.39, 0.29) is 5.91 Å². The Labute approximate surface area is 170 Å². The smallest absolute Gasteiger partial charge is 0.255 e. The van der Waals surface area contributed by atoms with E-state index in [0.717, 1.165) is 61.0 Å². The molecule has 1 amide bonds. The molecule has 0 radical (unpaired) electrons. The van der Waals surface area contributed by atoms with Crippen molar-refractivity contribution < 1.29 is 9.53 Å². The first kappa shape index (κ1) is 19.4. The van der Waals surface area contributed by atoms with Crippen molar-refractivity contribution in [3.63, 3.8) is 0 Å². The summed E-state index contributed by atoms with van der Waals surface area (Å²) in [5.41, 5.74) is 3.28. The van der Waals surface area contributed by atoms with Crippen LogP contribution in [0.25, 0.3) is 11.0 Å². The van der Waals surface area contributed by atoms with E-state index < -0.39 is 0 Å². The summed E-state index contributed by atoms with van der Waals surface area (Å²) < 4.78 is 7.28. The second-order valence-electron chi connectivity index (χ2n) is 7.55. The largest absolute Gasteiger partial charge is 0.497 e. The number of carbonyl (C=O) groups is 1. The highest BCUT2D eigenvalue weighted by molar-refractivity contribution is 6.05. The minimum atomic E-state index is -0.152. The molecule has 29 heavy (non-hydrogen) atoms. The van der Waals surface area contributed by atoms with Crippen molar-refractivity contribution >= 4 is 22.6 Å². The monoisotopic (exact) mass is 393 g/mol. The van der Waals surface area contributed by atoms with E-state index in [4.69, 9.17) is 9.72 Å². The standard InChI is InChI=1S/C22H27N5O2/c1-25-10-12-27(13-11-25)15-21-24-19-14-17(6-9-20(19)26(21)2)23-22(28)16-4-7-18(29-3)8-5-16/h4-9,14H,10-13,15H2,1-3H3,(H,23,28). The molecule has 0 spiro atoms. The Morgan fingerprint density at radius 2 is 1.79 bits per heavy atom. The zero-order valence-electron chi connectivity index (χ0n) is 17.2. The van der Waals surface area contributed by atoms with Crippen LogP contribution in [0.2, 0.25) is 0 Å². The Morgan fingerprint density at radius 1 is 1.07 bits per heavy atom. The minimum absolute atomic E-state index is 0.152. The molecule has 1 aromatic heterocycles. The van der Waals surface area contributed by atoms with E-state index in [0.29, 0.717) is 5.56 Å². The van der Waals surface area contributed by atoms with Crippen LogP contribution in [0, 0.1) is 0 Å². The third-order valence-electron chi connectivity index (χ3n) is 5.54. The Morgan fingerprint density at radius 3 is 2.48 bits per heavy atom. The van der Waals surface area contributed by atoms with Crippen molar-refractivity contribution in [1.29, 1.82) is 0 Å². The van der Waals surface area contributed by atoms with Crippen LogP contribution < -0.4 is 10.1 Å². The van der Waals surface area contributed by atoms with Crippen LogP contribution in [0.15, 0.2) is 42.5 Å². The maximum Gasteiger partial charge on any atom is 0.255 e. The van der Waals surface area contributed by atoms with E-state index in [9.17, 15) is 4.79 Å². The third kappa shape index (κ3) is 4.26. The average molecular weight is 393 g/mol. The van der Waals surface area contributed by atoms with Gasteiger partial charge in [-0.3, -0.25) is 9.69 Å². The van der Waals surface area contributed by atoms with Crippen LogP contribution in [-0.4, -0.2) is 65.6 Å². The Hall–Kier alpha value is -2.90. The maximum absolute atomic E-state index is 12.5. The van der Waals surface area contributed by atoms with Gasteiger partial charge < -0.3 is 19.5 Å². The van der Waals surface area contributed by atoms with Gasteiger partial charge in [-0.2, -0.15) is 0 Å². The number of anilines is 1. The van der Waals surface area contributed by atoms with Crippen molar-refractivity contribution in [2.75, 3.05) is 45.7 Å². The molecule has 152 valence electrons. The van der Waals surface area contributed by atoms with Crippen molar-refractivity contribution in [3.8, 4) is 5.75 Å². The number of likely N-dealkylation sites (N-methyl/N-ethyl adjacent to an activating group) is 1. The molecule has 1 aliphatic heterocycles. The van der Waals surface area contributed by atoms with Crippen LogP contribution in [0.1, 0.15) is 16.2 Å². The minimum Gasteiger partial charge on any atom is -0.497 e. The maximum atomic E-state index is 12.5. The first-order valence-corrected chi connectivity index (χ1v) is 9.85. The summed E-state index contributed by atoms with van der Waals surface area (Å²) in [6.07, 6.45) is 0. The number of aromatic nitrogens is 2. The van der Waals surface area contributed by atoms with Gasteiger partial charge in [-0.25, -0.2) is 4.98 Å². The van der Waals surface area contributed by atoms with Gasteiger partial charge in [0.2, 0.25) is 0 Å². The highest BCUT2D eigenvalue weighted by Gasteiger charge is 2.17. The van der Waals surface area contributed by atoms with Crippen LogP contribution in [0.5, 0.6) is 5.75 Å². The number of benzene rings is 2. The summed E-state index contributed by atoms with van der Waals surface area (Å²) in [4.78, 5) is 22.1. The third-order valence-corrected chi connectivity index (χ3v) is 5.54. The summed E-state index contributed by atoms with van der Waals surface area (Å²) in [6.45, 7) is 5.13. The zero-order chi connectivity index (χ0) is 20.4. The van der Waals surface area contributed by atoms with E-state index >= 15 is 0 Å². The lowest BCUT2D eigenvalue weighted by Crippen LogP contribution is -2.44. The molecule has 1 N–H and O–H groups in total. The zero-order valence-corrected chi connectivity index (χ0v) is 17.2. The number of aryl methyl sites for hydroxylation is 1. The summed E-state index contributed by atoms with van der Waals surface area (Å²) >= 11 is 0. The van der Waals surface area contributed by atoms with Gasteiger partial charge in [0.05, 0.1) is 24.7 Å². The number of carbonyl (C=O) groups excluding carboxylic acids is 1. The van der Waals surface area contributed by atoms with Crippen molar-refractivity contribution in [2.45, 2.75) is 6.54 Å². The molecule has 1 saturated heterocycles. The molecule has 0 aliphatic carbocycles. The fraction of sp³-hybridized carbons (Fsp3) is 0.364. The van der Waals surface area contributed by atoms with Gasteiger partial charge in [-0.05, 0) is 49.5 Å². The fourth-order valence-corrected chi connectivity index (χ4v) is 3.62. The van der Waals surface area contributed by atoms with Crippen LogP contribution in [-0.2, 0) is 13.6 Å². The van der Waals surface area contributed by atoms with E-state index in [1.54, 1.807) is 31.4 Å². The van der Waals surface area contributed by atoms with E-state index in [1.807, 2.05) is 18.2 Å². The Kier molecular flexibility index (Phi) is 5.51. The second kappa shape index (κ2) is 8.23. The summed E-state index contributed by atoms with van der Waals surface area (Å²) in [6, 6.07) is 12.9. The molecule has 0 bridgehead atoms. The van der Waals surface area contributed by atoms with Crippen molar-refractivity contribution in [3.05, 3.63) is 53.9 Å². The first-order valence-electron chi connectivity index (χ1n) is 9.85. The van der Waals surface area contributed by atoms with E-state index in [1.165, 1.54) is 0 Å². The summed E-state index contributed by atoms with van der Waals surface area (Å²) in [7, 11) is 5.82. The number of piperazine rings is 1. The molecule has 2 heterocycles. The number of ether oxygens (including phenoxy) is 1. The van der Waals surface area contributed by atoms with Crippen molar-refractivity contribution in [1.82, 2.24) is 19.4 Å². The molecule has 7 nitrogen and oxygen atoms in total. The van der Waals surface area contributed by atoms with Gasteiger partial charge in [-0.15, -0.1) is 0 Å². The molecule has 0 atom stereocenters. The van der Waals surface area contributed by atoms with Gasteiger partial charge in [0.1, 0.15) is 11.6 Å². The molecule has 3 aromatic rings. The number of rotatable bonds is 5. The topological polar surface area (TPSA) is 62.6 Å². The molecular weight excluding hydrogens is 366 g/mol. The highest BCUT2D eigenvalue weighted by Crippen LogP contribution is 2.22. The normalized spacial score (nSPS) is 15.6. The Balaban J connectivity index is 1.49. The number of imidazole rings is 1. The molecular formula is C22H27N5O2. The number of hydrogen-bond acceptors (Lipinski definition) is 5. The number of fused-ring (bicyclic) bond motifs is 1. The lowest BCUT2D eigenvalue weighted by Gasteiger charge is -2.31. The molecule has 1 aliphatic rings. The second-order valence-corrected chi connectivity index (χ2v) is 7.55. The lowest BCUT2D eigenvalue weighted by molar-refractivity contribution is 0.102. The predicted molar refractivity (Wildman–Crippen MR) is 114 cm³/mol. The first-order chi connectivity index (χ1) is 14.0.